The summed E-state index contributed by atoms with van der Waals surface area (Å²) < 4.78 is 7.52. The molecule has 3 aromatic heterocycles. The Bertz CT molecular complexity index is 1060. The minimum atomic E-state index is -0.268. The van der Waals surface area contributed by atoms with Crippen molar-refractivity contribution in [1.29, 1.82) is 0 Å². The zero-order valence-electron chi connectivity index (χ0n) is 17.9. The Morgan fingerprint density at radius 1 is 1.37 bits per heavy atom. The van der Waals surface area contributed by atoms with Crippen LogP contribution in [0.25, 0.3) is 22.3 Å². The molecule has 1 N–H and O–H groups in total. The molecule has 30 heavy (non-hydrogen) atoms. The van der Waals surface area contributed by atoms with Crippen molar-refractivity contribution in [3.63, 3.8) is 0 Å². The fourth-order valence-corrected chi connectivity index (χ4v) is 3.94. The number of carbonyl (C=O) groups is 1. The van der Waals surface area contributed by atoms with Crippen molar-refractivity contribution in [2.45, 2.75) is 39.5 Å². The van der Waals surface area contributed by atoms with Crippen molar-refractivity contribution in [3.05, 3.63) is 41.9 Å². The van der Waals surface area contributed by atoms with E-state index in [1.807, 2.05) is 39.0 Å². The van der Waals surface area contributed by atoms with E-state index in [0.29, 0.717) is 17.8 Å². The van der Waals surface area contributed by atoms with Gasteiger partial charge < -0.3 is 15.0 Å². The molecule has 0 spiro atoms. The van der Waals surface area contributed by atoms with Gasteiger partial charge in [-0.05, 0) is 59.0 Å². The van der Waals surface area contributed by atoms with Gasteiger partial charge in [-0.1, -0.05) is 0 Å². The first-order valence-corrected chi connectivity index (χ1v) is 10.4. The van der Waals surface area contributed by atoms with Crippen LogP contribution in [0.5, 0.6) is 0 Å². The van der Waals surface area contributed by atoms with Crippen LogP contribution in [0.4, 0.5) is 0 Å². The van der Waals surface area contributed by atoms with Crippen LogP contribution in [-0.2, 0) is 4.74 Å². The fourth-order valence-electron chi connectivity index (χ4n) is 3.94. The average molecular weight is 409 g/mol. The second-order valence-corrected chi connectivity index (χ2v) is 7.85. The molecular formula is C22H28N6O2. The monoisotopic (exact) mass is 408 g/mol. The molecule has 1 amide bonds. The first-order chi connectivity index (χ1) is 14.5. The fraction of sp³-hybridized carbons (Fsp3) is 0.455. The SMILES string of the molecule is CCOC(C)n1nc(-c2ccnc(C)c2)c2cc(C(=O)NC3CCN(C)C3)cnc21. The summed E-state index contributed by atoms with van der Waals surface area (Å²) in [7, 11) is 2.07. The van der Waals surface area contributed by atoms with E-state index in [9.17, 15) is 4.79 Å². The van der Waals surface area contributed by atoms with E-state index in [1.165, 1.54) is 0 Å². The third-order valence-electron chi connectivity index (χ3n) is 5.46. The van der Waals surface area contributed by atoms with Crippen molar-refractivity contribution < 1.29 is 9.53 Å². The van der Waals surface area contributed by atoms with Crippen LogP contribution in [0.3, 0.4) is 0 Å². The molecule has 3 aromatic rings. The molecule has 4 heterocycles. The lowest BCUT2D eigenvalue weighted by atomic mass is 10.1. The van der Waals surface area contributed by atoms with Gasteiger partial charge in [0, 0.05) is 48.2 Å². The van der Waals surface area contributed by atoms with Gasteiger partial charge in [0.25, 0.3) is 5.91 Å². The van der Waals surface area contributed by atoms with Gasteiger partial charge in [-0.25, -0.2) is 9.67 Å². The second kappa shape index (κ2) is 8.49. The number of aryl methyl sites for hydroxylation is 1. The van der Waals surface area contributed by atoms with Gasteiger partial charge in [-0.15, -0.1) is 0 Å². The zero-order valence-corrected chi connectivity index (χ0v) is 17.9. The Balaban J connectivity index is 1.75. The number of hydrogen-bond acceptors (Lipinski definition) is 6. The summed E-state index contributed by atoms with van der Waals surface area (Å²) in [5, 5.41) is 8.74. The number of likely N-dealkylation sites (N-methyl/N-ethyl adjacent to an activating group) is 1. The van der Waals surface area contributed by atoms with E-state index in [1.54, 1.807) is 17.1 Å². The number of rotatable bonds is 6. The number of nitrogens with zero attached hydrogens (tertiary/aromatic N) is 5. The van der Waals surface area contributed by atoms with Crippen molar-refractivity contribution in [2.75, 3.05) is 26.7 Å². The molecule has 158 valence electrons. The zero-order chi connectivity index (χ0) is 21.3. The summed E-state index contributed by atoms with van der Waals surface area (Å²) in [4.78, 5) is 24.0. The van der Waals surface area contributed by atoms with E-state index >= 15 is 0 Å². The van der Waals surface area contributed by atoms with Gasteiger partial charge in [0.2, 0.25) is 0 Å². The van der Waals surface area contributed by atoms with Crippen LogP contribution in [0, 0.1) is 6.92 Å². The van der Waals surface area contributed by atoms with Crippen LogP contribution in [0.1, 0.15) is 42.5 Å². The number of carbonyl (C=O) groups excluding carboxylic acids is 1. The van der Waals surface area contributed by atoms with Gasteiger partial charge in [0.15, 0.2) is 5.65 Å². The molecule has 8 nitrogen and oxygen atoms in total. The third kappa shape index (κ3) is 4.06. The van der Waals surface area contributed by atoms with Gasteiger partial charge in [0.05, 0.1) is 5.56 Å². The topological polar surface area (TPSA) is 85.2 Å². The summed E-state index contributed by atoms with van der Waals surface area (Å²) >= 11 is 0. The van der Waals surface area contributed by atoms with Crippen LogP contribution >= 0.6 is 0 Å². The molecule has 0 saturated carbocycles. The van der Waals surface area contributed by atoms with E-state index in [0.717, 1.165) is 41.8 Å². The number of ether oxygens (including phenoxy) is 1. The Labute approximate surface area is 176 Å². The predicted molar refractivity (Wildman–Crippen MR) is 115 cm³/mol. The van der Waals surface area contributed by atoms with Crippen LogP contribution in [-0.4, -0.2) is 63.3 Å². The summed E-state index contributed by atoms with van der Waals surface area (Å²) in [5.74, 6) is -0.104. The van der Waals surface area contributed by atoms with E-state index in [4.69, 9.17) is 9.84 Å². The molecule has 0 aliphatic carbocycles. The number of fused-ring (bicyclic) bond motifs is 1. The molecule has 1 saturated heterocycles. The molecule has 2 atom stereocenters. The molecule has 2 unspecified atom stereocenters. The number of pyridine rings is 2. The molecule has 1 aliphatic rings. The second-order valence-electron chi connectivity index (χ2n) is 7.85. The minimum Gasteiger partial charge on any atom is -0.357 e. The third-order valence-corrected chi connectivity index (χ3v) is 5.46. The van der Waals surface area contributed by atoms with E-state index in [-0.39, 0.29) is 18.2 Å². The Kier molecular flexibility index (Phi) is 5.78. The molecule has 0 radical (unpaired) electrons. The van der Waals surface area contributed by atoms with Crippen LogP contribution in [0.15, 0.2) is 30.6 Å². The highest BCUT2D eigenvalue weighted by atomic mass is 16.5. The maximum atomic E-state index is 12.9. The van der Waals surface area contributed by atoms with Gasteiger partial charge in [-0.2, -0.15) is 5.10 Å². The first kappa shape index (κ1) is 20.4. The van der Waals surface area contributed by atoms with Gasteiger partial charge in [-0.3, -0.25) is 9.78 Å². The molecule has 0 aromatic carbocycles. The van der Waals surface area contributed by atoms with Crippen molar-refractivity contribution in [3.8, 4) is 11.3 Å². The molecular weight excluding hydrogens is 380 g/mol. The highest BCUT2D eigenvalue weighted by Gasteiger charge is 2.23. The summed E-state index contributed by atoms with van der Waals surface area (Å²) in [6.45, 7) is 8.27. The normalized spacial score (nSPS) is 18.1. The molecule has 0 bridgehead atoms. The number of aromatic nitrogens is 4. The highest BCUT2D eigenvalue weighted by molar-refractivity contribution is 6.00. The molecule has 8 heteroatoms. The first-order valence-electron chi connectivity index (χ1n) is 10.4. The number of nitrogens with one attached hydrogen (secondary N) is 1. The summed E-state index contributed by atoms with van der Waals surface area (Å²) in [5.41, 5.74) is 3.84. The predicted octanol–water partition coefficient (Wildman–Crippen LogP) is 2.79. The molecule has 1 aliphatic heterocycles. The number of amides is 1. The maximum Gasteiger partial charge on any atom is 0.253 e. The van der Waals surface area contributed by atoms with E-state index in [2.05, 4.69) is 27.2 Å². The minimum absolute atomic E-state index is 0.104. The summed E-state index contributed by atoms with van der Waals surface area (Å²) in [6, 6.07) is 5.95. The Hall–Kier alpha value is -2.84. The quantitative estimate of drug-likeness (QED) is 0.675. The standard InChI is InChI=1S/C22H28N6O2/c1-5-30-15(3)28-21-19(20(26-28)16-6-8-23-14(2)10-16)11-17(12-24-21)22(29)25-18-7-9-27(4)13-18/h6,8,10-12,15,18H,5,7,9,13H2,1-4H3,(H,25,29). The lowest BCUT2D eigenvalue weighted by Gasteiger charge is -2.13. The van der Waals surface area contributed by atoms with Crippen LogP contribution < -0.4 is 5.32 Å². The smallest absolute Gasteiger partial charge is 0.253 e. The van der Waals surface area contributed by atoms with Gasteiger partial charge >= 0.3 is 0 Å². The number of likely N-dealkylation sites (tertiary alicyclic amines) is 1. The van der Waals surface area contributed by atoms with Crippen molar-refractivity contribution in [1.82, 2.24) is 30.0 Å². The number of hydrogen-bond donors (Lipinski definition) is 1. The largest absolute Gasteiger partial charge is 0.357 e. The lowest BCUT2D eigenvalue weighted by molar-refractivity contribution is 0.0189. The van der Waals surface area contributed by atoms with Crippen molar-refractivity contribution in [2.24, 2.45) is 0 Å². The van der Waals surface area contributed by atoms with Gasteiger partial charge in [0.1, 0.15) is 11.9 Å². The maximum absolute atomic E-state index is 12.9. The van der Waals surface area contributed by atoms with E-state index < -0.39 is 0 Å². The Morgan fingerprint density at radius 3 is 2.90 bits per heavy atom. The van der Waals surface area contributed by atoms with Crippen molar-refractivity contribution >= 4 is 16.9 Å². The van der Waals surface area contributed by atoms with Crippen LogP contribution in [0.2, 0.25) is 0 Å². The molecule has 4 rings (SSSR count). The average Bonchev–Trinajstić information content (AvgIpc) is 3.31. The summed E-state index contributed by atoms with van der Waals surface area (Å²) in [6.07, 6.45) is 4.08. The Morgan fingerprint density at radius 2 is 2.20 bits per heavy atom. The highest BCUT2D eigenvalue weighted by Crippen LogP contribution is 2.30. The molecule has 1 fully saturated rings. The lowest BCUT2D eigenvalue weighted by Crippen LogP contribution is -2.36.